The molecule has 4 aromatic heterocycles. The summed E-state index contributed by atoms with van der Waals surface area (Å²) in [5.74, 6) is 0.351. The quantitative estimate of drug-likeness (QED) is 0.0516. The Hall–Kier alpha value is -6.46. The van der Waals surface area contributed by atoms with Crippen molar-refractivity contribution >= 4 is 86.8 Å². The number of aromatic nitrogens is 6. The number of nitrogens with zero attached hydrogens (tertiary/aromatic N) is 5. The van der Waals surface area contributed by atoms with Gasteiger partial charge in [-0.3, -0.25) is 28.5 Å². The fourth-order valence-electron chi connectivity index (χ4n) is 8.28. The maximum Gasteiger partial charge on any atom is 0.309 e. The van der Waals surface area contributed by atoms with E-state index in [9.17, 15) is 24.3 Å². The predicted octanol–water partition coefficient (Wildman–Crippen LogP) is 9.78. The number of nitrogens with one attached hydrogen (secondary N) is 1. The summed E-state index contributed by atoms with van der Waals surface area (Å²) in [6, 6.07) is 26.9. The average Bonchev–Trinajstić information content (AvgIpc) is 4.25. The van der Waals surface area contributed by atoms with Crippen molar-refractivity contribution in [2.45, 2.75) is 84.0 Å². The van der Waals surface area contributed by atoms with E-state index in [0.717, 1.165) is 39.2 Å². The largest absolute Gasteiger partial charge is 0.492 e. The molecule has 10 rings (SSSR count). The molecule has 0 atom stereocenters. The van der Waals surface area contributed by atoms with Gasteiger partial charge in [-0.25, -0.2) is 0 Å². The molecule has 15 nitrogen and oxygen atoms in total. The van der Waals surface area contributed by atoms with Crippen molar-refractivity contribution in [3.63, 3.8) is 0 Å². The minimum absolute atomic E-state index is 0.00838. The summed E-state index contributed by atoms with van der Waals surface area (Å²) < 4.78 is 23.5. The molecule has 0 radical (unpaired) electrons. The van der Waals surface area contributed by atoms with Crippen LogP contribution in [0.5, 0.6) is 11.5 Å². The van der Waals surface area contributed by atoms with Crippen LogP contribution < -0.4 is 20.3 Å². The molecule has 2 fully saturated rings. The summed E-state index contributed by atoms with van der Waals surface area (Å²) in [5.41, 5.74) is 4.18. The molecule has 8 aromatic rings. The van der Waals surface area contributed by atoms with Crippen LogP contribution in [0.2, 0.25) is 35.7 Å². The number of benzene rings is 4. The monoisotopic (exact) mass is 1000 g/mol. The molecular weight excluding hydrogens is 952 g/mol. The van der Waals surface area contributed by atoms with E-state index < -0.39 is 32.9 Å². The van der Waals surface area contributed by atoms with Gasteiger partial charge < -0.3 is 34.0 Å². The molecule has 2 saturated carbocycles. The number of aliphatic carboxylic acids is 2. The number of rotatable bonds is 19. The highest BCUT2D eigenvalue weighted by atomic mass is 35.5. The number of aromatic amines is 1. The van der Waals surface area contributed by atoms with Gasteiger partial charge in [-0.1, -0.05) is 67.1 Å². The first-order chi connectivity index (χ1) is 33.6. The van der Waals surface area contributed by atoms with Crippen molar-refractivity contribution in [1.82, 2.24) is 29.1 Å². The summed E-state index contributed by atoms with van der Waals surface area (Å²) >= 11 is 13.0. The Morgan fingerprint density at radius 3 is 1.77 bits per heavy atom. The zero-order valence-electron chi connectivity index (χ0n) is 39.2. The third kappa shape index (κ3) is 11.6. The molecule has 0 bridgehead atoms. The first-order valence-corrected chi connectivity index (χ1v) is 27.9. The van der Waals surface area contributed by atoms with E-state index in [-0.39, 0.29) is 22.2 Å². The Bertz CT molecular complexity index is 3410. The lowest BCUT2D eigenvalue weighted by atomic mass is 10.1. The van der Waals surface area contributed by atoms with Crippen LogP contribution >= 0.6 is 23.2 Å². The van der Waals surface area contributed by atoms with E-state index in [1.54, 1.807) is 39.7 Å². The second-order valence-electron chi connectivity index (χ2n) is 19.5. The Morgan fingerprint density at radius 1 is 0.700 bits per heavy atom. The molecule has 0 saturated heterocycles. The van der Waals surface area contributed by atoms with Crippen molar-refractivity contribution in [2.24, 2.45) is 11.8 Å². The fraction of sp³-hybridized carbons (Fsp3) is 0.346. The molecule has 4 aromatic carbocycles. The van der Waals surface area contributed by atoms with Crippen LogP contribution in [-0.4, -0.2) is 79.2 Å². The second-order valence-corrected chi connectivity index (χ2v) is 25.9. The van der Waals surface area contributed by atoms with Crippen molar-refractivity contribution in [2.75, 3.05) is 19.8 Å². The molecule has 2 aliphatic rings. The van der Waals surface area contributed by atoms with Crippen molar-refractivity contribution in [3.05, 3.63) is 138 Å². The van der Waals surface area contributed by atoms with Crippen LogP contribution in [0.3, 0.4) is 0 Å². The summed E-state index contributed by atoms with van der Waals surface area (Å²) in [6.07, 6.45) is 3.93. The molecule has 0 spiro atoms. The molecule has 364 valence electrons. The molecule has 0 aliphatic heterocycles. The van der Waals surface area contributed by atoms with E-state index >= 15 is 0 Å². The van der Waals surface area contributed by atoms with E-state index in [2.05, 4.69) is 39.4 Å². The number of hydrogen-bond acceptors (Lipinski definition) is 9. The zero-order valence-corrected chi connectivity index (χ0v) is 41.7. The van der Waals surface area contributed by atoms with Crippen LogP contribution in [0.25, 0.3) is 43.6 Å². The molecule has 0 amide bonds. The Labute approximate surface area is 413 Å². The number of hydrogen-bond donors (Lipinski definition) is 3. The minimum Gasteiger partial charge on any atom is -0.492 e. The lowest BCUT2D eigenvalue weighted by Crippen LogP contribution is -2.23. The van der Waals surface area contributed by atoms with Crippen LogP contribution in [0.15, 0.2) is 94.5 Å². The van der Waals surface area contributed by atoms with Gasteiger partial charge in [0.05, 0.1) is 65.7 Å². The first kappa shape index (κ1) is 48.6. The first-order valence-electron chi connectivity index (χ1n) is 23.4. The topological polar surface area (TPSA) is 193 Å². The maximum absolute atomic E-state index is 12.9. The van der Waals surface area contributed by atoms with Gasteiger partial charge in [0.25, 0.3) is 0 Å². The Morgan fingerprint density at radius 2 is 1.23 bits per heavy atom. The highest BCUT2D eigenvalue weighted by Crippen LogP contribution is 2.37. The normalized spacial score (nSPS) is 13.8. The van der Waals surface area contributed by atoms with Gasteiger partial charge in [0, 0.05) is 65.3 Å². The number of para-hydroxylation sites is 2. The number of carboxylic acids is 2. The number of H-pyrrole nitrogens is 1. The van der Waals surface area contributed by atoms with Crippen LogP contribution in [0, 0.1) is 11.8 Å². The third-order valence-corrected chi connectivity index (χ3v) is 14.8. The summed E-state index contributed by atoms with van der Waals surface area (Å²) in [5, 5.41) is 31.3. The lowest BCUT2D eigenvalue weighted by molar-refractivity contribution is -0.137. The standard InChI is InChI=1S/C29H34ClN3O5Si.C23H20ClN3O4/c1-39(2,3)11-10-37-18-32-21(12-20-13-23(30)27(15-26(20)32)38-17-19-8-9-19)16-33-25-7-5-4-6-22(25)29(36)24(31-33)14-28(34)35;24-17-8-14-7-15(25-18(14)9-21(17)31-12-13-5-6-13)11-27-20-4-2-1-3-16(20)23(30)19(26-27)10-22(28)29/h4-7,12-13,15,19H,8-11,14,16-18H2,1-3H3,(H,34,35);1-4,7-9,13,25H,5-6,10-12H2,(H,28,29). The molecule has 0 unspecified atom stereocenters. The molecular formula is C52H54Cl2N6O9Si. The number of carbonyl (C=O) groups is 2. The van der Waals surface area contributed by atoms with Gasteiger partial charge in [0.2, 0.25) is 10.9 Å². The Balaban J connectivity index is 0.000000178. The average molecular weight is 1010 g/mol. The number of halogens is 2. The minimum atomic E-state index is -1.26. The van der Waals surface area contributed by atoms with E-state index in [0.29, 0.717) is 94.8 Å². The van der Waals surface area contributed by atoms with Crippen molar-refractivity contribution in [1.29, 1.82) is 0 Å². The van der Waals surface area contributed by atoms with E-state index in [1.165, 1.54) is 25.7 Å². The van der Waals surface area contributed by atoms with Crippen molar-refractivity contribution in [3.8, 4) is 11.5 Å². The van der Waals surface area contributed by atoms with Gasteiger partial charge in [-0.2, -0.15) is 10.2 Å². The SMILES string of the molecule is C[Si](C)(C)CCOCn1c(Cn2nc(CC(=O)O)c(=O)c3ccccc32)cc2cc(Cl)c(OCC3CC3)cc21.O=C(O)Cc1nn(Cc2cc3cc(Cl)c(OCC4CC4)cc3[nH]2)c2ccccc2c1=O. The highest BCUT2D eigenvalue weighted by molar-refractivity contribution is 6.76. The Kier molecular flexibility index (Phi) is 14.2. The zero-order chi connectivity index (χ0) is 49.3. The highest BCUT2D eigenvalue weighted by Gasteiger charge is 2.25. The molecule has 3 N–H and O–H groups in total. The van der Waals surface area contributed by atoms with Gasteiger partial charge in [0.15, 0.2) is 0 Å². The fourth-order valence-corrected chi connectivity index (χ4v) is 9.49. The summed E-state index contributed by atoms with van der Waals surface area (Å²) in [4.78, 5) is 51.6. The van der Waals surface area contributed by atoms with Crippen LogP contribution in [-0.2, 0) is 47.0 Å². The molecule has 4 heterocycles. The van der Waals surface area contributed by atoms with E-state index in [4.69, 9.17) is 42.5 Å². The molecule has 2 aliphatic carbocycles. The maximum atomic E-state index is 12.9. The van der Waals surface area contributed by atoms with Crippen LogP contribution in [0.1, 0.15) is 48.5 Å². The third-order valence-electron chi connectivity index (χ3n) is 12.5. The summed E-state index contributed by atoms with van der Waals surface area (Å²) in [7, 11) is -1.26. The number of ether oxygens (including phenoxy) is 3. The smallest absolute Gasteiger partial charge is 0.309 e. The second kappa shape index (κ2) is 20.5. The lowest BCUT2D eigenvalue weighted by Gasteiger charge is -2.18. The molecule has 70 heavy (non-hydrogen) atoms. The van der Waals surface area contributed by atoms with Gasteiger partial charge in [-0.15, -0.1) is 0 Å². The number of carboxylic acid groups (broad SMARTS) is 2. The van der Waals surface area contributed by atoms with Gasteiger partial charge >= 0.3 is 11.9 Å². The van der Waals surface area contributed by atoms with Crippen LogP contribution in [0.4, 0.5) is 0 Å². The van der Waals surface area contributed by atoms with Gasteiger partial charge in [0.1, 0.15) is 29.6 Å². The van der Waals surface area contributed by atoms with Gasteiger partial charge in [-0.05, 0) is 92.1 Å². The summed E-state index contributed by atoms with van der Waals surface area (Å²) in [6.45, 7) is 9.96. The molecule has 18 heteroatoms. The van der Waals surface area contributed by atoms with E-state index in [1.807, 2.05) is 54.6 Å². The number of fused-ring (bicyclic) bond motifs is 4. The predicted molar refractivity (Wildman–Crippen MR) is 274 cm³/mol. The van der Waals surface area contributed by atoms with Crippen molar-refractivity contribution < 1.29 is 34.0 Å².